The molecule has 9 N–H and O–H groups in total. The first-order valence-electron chi connectivity index (χ1n) is 12.1. The van der Waals surface area contributed by atoms with Gasteiger partial charge in [-0.15, -0.1) is 0 Å². The number of carbonyl (C=O) groups is 4. The topological polar surface area (TPSA) is 205 Å². The van der Waals surface area contributed by atoms with Gasteiger partial charge in [0.25, 0.3) is 0 Å². The van der Waals surface area contributed by atoms with Crippen LogP contribution in [0.15, 0.2) is 12.5 Å². The van der Waals surface area contributed by atoms with Crippen LogP contribution in [0.4, 0.5) is 0 Å². The molecule has 0 bridgehead atoms. The van der Waals surface area contributed by atoms with Gasteiger partial charge in [0.15, 0.2) is 0 Å². The van der Waals surface area contributed by atoms with E-state index in [4.69, 9.17) is 11.5 Å². The number of carboxylic acids is 1. The van der Waals surface area contributed by atoms with Crippen LogP contribution in [0, 0.1) is 11.8 Å². The molecule has 12 heteroatoms. The van der Waals surface area contributed by atoms with Gasteiger partial charge in [-0.25, -0.2) is 9.78 Å². The first kappa shape index (κ1) is 30.0. The molecular weight excluding hydrogens is 454 g/mol. The Bertz CT molecular complexity index is 815. The third-order valence-corrected chi connectivity index (χ3v) is 5.94. The molecule has 5 unspecified atom stereocenters. The van der Waals surface area contributed by atoms with Crippen LogP contribution in [0.3, 0.4) is 0 Å². The highest BCUT2D eigenvalue weighted by Gasteiger charge is 2.33. The summed E-state index contributed by atoms with van der Waals surface area (Å²) < 4.78 is 0. The van der Waals surface area contributed by atoms with E-state index >= 15 is 0 Å². The average Bonchev–Trinajstić information content (AvgIpc) is 3.32. The zero-order valence-electron chi connectivity index (χ0n) is 21.0. The van der Waals surface area contributed by atoms with Crippen molar-refractivity contribution >= 4 is 23.7 Å². The fraction of sp³-hybridized carbons (Fsp3) is 0.696. The Morgan fingerprint density at radius 1 is 1.03 bits per heavy atom. The number of imidazole rings is 1. The monoisotopic (exact) mass is 495 g/mol. The summed E-state index contributed by atoms with van der Waals surface area (Å²) in [5, 5.41) is 17.5. The highest BCUT2D eigenvalue weighted by molar-refractivity contribution is 5.94. The number of aromatic nitrogens is 2. The van der Waals surface area contributed by atoms with Crippen molar-refractivity contribution in [3.05, 3.63) is 18.2 Å². The highest BCUT2D eigenvalue weighted by Crippen LogP contribution is 2.12. The summed E-state index contributed by atoms with van der Waals surface area (Å²) in [7, 11) is 0. The quantitative estimate of drug-likeness (QED) is 0.150. The lowest BCUT2D eigenvalue weighted by Crippen LogP contribution is -2.60. The number of hydrogen-bond donors (Lipinski definition) is 7. The second-order valence-corrected chi connectivity index (χ2v) is 9.17. The van der Waals surface area contributed by atoms with Crippen LogP contribution in [0.2, 0.25) is 0 Å². The van der Waals surface area contributed by atoms with Gasteiger partial charge in [0.2, 0.25) is 17.7 Å². The van der Waals surface area contributed by atoms with Crippen LogP contribution in [0.5, 0.6) is 0 Å². The standard InChI is InChI=1S/C23H41N7O5/c1-5-14(4)19(22(33)28-17(23(34)35)10-15-11-26-12-27-15)30-21(32)18(13(2)3)29-20(31)16(25)8-6-7-9-24/h11-14,16-19H,5-10,24-25H2,1-4H3,(H,26,27)(H,28,33)(H,29,31)(H,30,32)(H,34,35). The molecule has 0 saturated heterocycles. The number of carboxylic acid groups (broad SMARTS) is 1. The van der Waals surface area contributed by atoms with Gasteiger partial charge in [-0.3, -0.25) is 14.4 Å². The van der Waals surface area contributed by atoms with Gasteiger partial charge < -0.3 is 37.5 Å². The van der Waals surface area contributed by atoms with E-state index in [9.17, 15) is 24.3 Å². The predicted octanol–water partition coefficient (Wildman–Crippen LogP) is -0.350. The maximum atomic E-state index is 13.1. The molecule has 1 rings (SSSR count). The molecule has 1 heterocycles. The van der Waals surface area contributed by atoms with E-state index in [1.165, 1.54) is 12.5 Å². The molecule has 0 radical (unpaired) electrons. The zero-order chi connectivity index (χ0) is 26.5. The molecule has 0 saturated carbocycles. The summed E-state index contributed by atoms with van der Waals surface area (Å²) in [4.78, 5) is 57.1. The number of rotatable bonds is 16. The summed E-state index contributed by atoms with van der Waals surface area (Å²) in [6.45, 7) is 7.69. The van der Waals surface area contributed by atoms with Crippen molar-refractivity contribution in [3.8, 4) is 0 Å². The first-order valence-corrected chi connectivity index (χ1v) is 12.1. The lowest BCUT2D eigenvalue weighted by molar-refractivity contribution is -0.142. The number of amides is 3. The van der Waals surface area contributed by atoms with Crippen molar-refractivity contribution in [1.29, 1.82) is 0 Å². The van der Waals surface area contributed by atoms with E-state index < -0.39 is 47.9 Å². The lowest BCUT2D eigenvalue weighted by atomic mass is 9.95. The fourth-order valence-corrected chi connectivity index (χ4v) is 3.46. The SMILES string of the molecule is CCC(C)C(NC(=O)C(NC(=O)C(N)CCCCN)C(C)C)C(=O)NC(Cc1cnc[nH]1)C(=O)O. The fourth-order valence-electron chi connectivity index (χ4n) is 3.46. The average molecular weight is 496 g/mol. The molecule has 5 atom stereocenters. The molecule has 1 aromatic rings. The molecule has 12 nitrogen and oxygen atoms in total. The minimum absolute atomic E-state index is 0.00890. The van der Waals surface area contributed by atoms with Gasteiger partial charge >= 0.3 is 5.97 Å². The first-order chi connectivity index (χ1) is 16.5. The number of nitrogens with zero attached hydrogens (tertiary/aromatic N) is 1. The van der Waals surface area contributed by atoms with Gasteiger partial charge in [0, 0.05) is 18.3 Å². The predicted molar refractivity (Wildman–Crippen MR) is 131 cm³/mol. The molecule has 0 spiro atoms. The van der Waals surface area contributed by atoms with Crippen molar-refractivity contribution < 1.29 is 24.3 Å². The van der Waals surface area contributed by atoms with E-state index in [0.29, 0.717) is 31.5 Å². The summed E-state index contributed by atoms with van der Waals surface area (Å²) in [5.74, 6) is -3.38. The number of aliphatic carboxylic acids is 1. The number of hydrogen-bond acceptors (Lipinski definition) is 7. The normalized spacial score (nSPS) is 15.5. The minimum Gasteiger partial charge on any atom is -0.480 e. The summed E-state index contributed by atoms with van der Waals surface area (Å²) >= 11 is 0. The van der Waals surface area contributed by atoms with Gasteiger partial charge in [0.1, 0.15) is 18.1 Å². The smallest absolute Gasteiger partial charge is 0.326 e. The van der Waals surface area contributed by atoms with E-state index in [1.54, 1.807) is 20.8 Å². The Labute approximate surface area is 206 Å². The molecule has 35 heavy (non-hydrogen) atoms. The van der Waals surface area contributed by atoms with Crippen LogP contribution >= 0.6 is 0 Å². The number of H-pyrrole nitrogens is 1. The third-order valence-electron chi connectivity index (χ3n) is 5.94. The van der Waals surface area contributed by atoms with E-state index in [2.05, 4.69) is 25.9 Å². The molecule has 0 aromatic carbocycles. The summed E-state index contributed by atoms with van der Waals surface area (Å²) in [6, 6.07) is -3.89. The van der Waals surface area contributed by atoms with E-state index in [-0.39, 0.29) is 18.3 Å². The van der Waals surface area contributed by atoms with Crippen LogP contribution in [0.25, 0.3) is 0 Å². The molecule has 0 fully saturated rings. The van der Waals surface area contributed by atoms with Gasteiger partial charge in [0.05, 0.1) is 12.4 Å². The van der Waals surface area contributed by atoms with Crippen molar-refractivity contribution in [1.82, 2.24) is 25.9 Å². The van der Waals surface area contributed by atoms with Crippen LogP contribution < -0.4 is 27.4 Å². The maximum absolute atomic E-state index is 13.1. The highest BCUT2D eigenvalue weighted by atomic mass is 16.4. The minimum atomic E-state index is -1.21. The molecular formula is C23H41N7O5. The number of aromatic amines is 1. The summed E-state index contributed by atoms with van der Waals surface area (Å²) in [5.41, 5.74) is 12.0. The van der Waals surface area contributed by atoms with E-state index in [0.717, 1.165) is 6.42 Å². The van der Waals surface area contributed by atoms with Gasteiger partial charge in [-0.05, 0) is 31.2 Å². The second-order valence-electron chi connectivity index (χ2n) is 9.17. The molecule has 0 aliphatic rings. The summed E-state index contributed by atoms with van der Waals surface area (Å²) in [6.07, 6.45) is 5.35. The van der Waals surface area contributed by atoms with Gasteiger partial charge in [-0.1, -0.05) is 40.5 Å². The van der Waals surface area contributed by atoms with Crippen LogP contribution in [-0.4, -0.2) is 69.5 Å². The number of unbranched alkanes of at least 4 members (excludes halogenated alkanes) is 1. The lowest BCUT2D eigenvalue weighted by Gasteiger charge is -2.29. The maximum Gasteiger partial charge on any atom is 0.326 e. The van der Waals surface area contributed by atoms with E-state index in [1.807, 2.05) is 6.92 Å². The third kappa shape index (κ3) is 10.0. The zero-order valence-corrected chi connectivity index (χ0v) is 21.0. The largest absolute Gasteiger partial charge is 0.480 e. The van der Waals surface area contributed by atoms with Crippen molar-refractivity contribution in [2.75, 3.05) is 6.54 Å². The molecule has 1 aromatic heterocycles. The van der Waals surface area contributed by atoms with Crippen LogP contribution in [-0.2, 0) is 25.6 Å². The van der Waals surface area contributed by atoms with Crippen molar-refractivity contribution in [2.45, 2.75) is 84.0 Å². The Balaban J connectivity index is 2.92. The van der Waals surface area contributed by atoms with Gasteiger partial charge in [-0.2, -0.15) is 0 Å². The Hall–Kier alpha value is -2.99. The second kappa shape index (κ2) is 15.1. The molecule has 3 amide bonds. The Morgan fingerprint density at radius 2 is 1.66 bits per heavy atom. The van der Waals surface area contributed by atoms with Crippen molar-refractivity contribution in [2.24, 2.45) is 23.3 Å². The Kier molecular flexibility index (Phi) is 13.0. The number of carbonyl (C=O) groups excluding carboxylic acids is 3. The van der Waals surface area contributed by atoms with Crippen molar-refractivity contribution in [3.63, 3.8) is 0 Å². The molecule has 0 aliphatic carbocycles. The number of nitrogens with one attached hydrogen (secondary N) is 4. The molecule has 0 aliphatic heterocycles. The Morgan fingerprint density at radius 3 is 2.17 bits per heavy atom. The number of nitrogens with two attached hydrogens (primary N) is 2. The molecule has 198 valence electrons. The van der Waals surface area contributed by atoms with Crippen LogP contribution in [0.1, 0.15) is 59.1 Å².